The van der Waals surface area contributed by atoms with Crippen molar-refractivity contribution in [2.75, 3.05) is 38.5 Å². The molecule has 1 aromatic carbocycles. The number of rotatable bonds is 3. The van der Waals surface area contributed by atoms with Gasteiger partial charge in [0.15, 0.2) is 0 Å². The monoisotopic (exact) mass is 286 g/mol. The van der Waals surface area contributed by atoms with Crippen molar-refractivity contribution in [3.63, 3.8) is 0 Å². The molecule has 1 aromatic rings. The van der Waals surface area contributed by atoms with E-state index in [9.17, 15) is 9.59 Å². The largest absolute Gasteiger partial charge is 0.336 e. The fourth-order valence-electron chi connectivity index (χ4n) is 2.17. The second-order valence-electron chi connectivity index (χ2n) is 5.06. The van der Waals surface area contributed by atoms with Crippen LogP contribution in [0.25, 0.3) is 0 Å². The lowest BCUT2D eigenvalue weighted by molar-refractivity contribution is -0.115. The molecule has 1 aliphatic rings. The van der Waals surface area contributed by atoms with Crippen molar-refractivity contribution in [3.8, 4) is 6.07 Å². The highest BCUT2D eigenvalue weighted by atomic mass is 16.2. The van der Waals surface area contributed by atoms with Crippen LogP contribution in [0.3, 0.4) is 0 Å². The average Bonchev–Trinajstić information content (AvgIpc) is 2.48. The Hall–Kier alpha value is -2.39. The molecule has 0 aliphatic carbocycles. The van der Waals surface area contributed by atoms with E-state index >= 15 is 0 Å². The molecular weight excluding hydrogens is 268 g/mol. The zero-order chi connectivity index (χ0) is 15.2. The zero-order valence-corrected chi connectivity index (χ0v) is 12.0. The smallest absolute Gasteiger partial charge is 0.253 e. The number of carbonyl (C=O) groups excluding carboxylic acids is 2. The highest BCUT2D eigenvalue weighted by Crippen LogP contribution is 2.13. The Morgan fingerprint density at radius 1 is 1.19 bits per heavy atom. The van der Waals surface area contributed by atoms with Crippen LogP contribution in [0.5, 0.6) is 0 Å². The van der Waals surface area contributed by atoms with E-state index in [4.69, 9.17) is 5.26 Å². The molecule has 0 radical (unpaired) electrons. The summed E-state index contributed by atoms with van der Waals surface area (Å²) in [4.78, 5) is 27.6. The number of nitrogens with one attached hydrogen (secondary N) is 1. The Bertz CT molecular complexity index is 554. The lowest BCUT2D eigenvalue weighted by Gasteiger charge is -2.32. The van der Waals surface area contributed by atoms with E-state index in [1.165, 1.54) is 0 Å². The number of anilines is 1. The average molecular weight is 286 g/mol. The van der Waals surface area contributed by atoms with Gasteiger partial charge < -0.3 is 15.1 Å². The maximum absolute atomic E-state index is 12.3. The molecule has 1 aliphatic heterocycles. The minimum atomic E-state index is -0.351. The van der Waals surface area contributed by atoms with Gasteiger partial charge in [-0.1, -0.05) is 0 Å². The van der Waals surface area contributed by atoms with Crippen LogP contribution in [-0.4, -0.2) is 54.8 Å². The number of carbonyl (C=O) groups is 2. The normalized spacial score (nSPS) is 15.3. The molecule has 110 valence electrons. The molecule has 2 amide bonds. The van der Waals surface area contributed by atoms with E-state index in [1.54, 1.807) is 30.3 Å². The van der Waals surface area contributed by atoms with Gasteiger partial charge in [0.05, 0.1) is 6.07 Å². The van der Waals surface area contributed by atoms with Gasteiger partial charge in [-0.15, -0.1) is 0 Å². The molecule has 1 heterocycles. The van der Waals surface area contributed by atoms with Crippen molar-refractivity contribution in [1.82, 2.24) is 9.80 Å². The summed E-state index contributed by atoms with van der Waals surface area (Å²) in [6.07, 6.45) is -0.179. The van der Waals surface area contributed by atoms with Gasteiger partial charge in [0.1, 0.15) is 6.42 Å². The van der Waals surface area contributed by atoms with Crippen molar-refractivity contribution in [2.24, 2.45) is 0 Å². The highest BCUT2D eigenvalue weighted by Gasteiger charge is 2.20. The summed E-state index contributed by atoms with van der Waals surface area (Å²) in [7, 11) is 2.04. The van der Waals surface area contributed by atoms with Crippen LogP contribution >= 0.6 is 0 Å². The summed E-state index contributed by atoms with van der Waals surface area (Å²) < 4.78 is 0. The Kier molecular flexibility index (Phi) is 4.90. The number of hydrogen-bond acceptors (Lipinski definition) is 4. The second kappa shape index (κ2) is 6.86. The van der Waals surface area contributed by atoms with Crippen LogP contribution in [-0.2, 0) is 4.79 Å². The van der Waals surface area contributed by atoms with Gasteiger partial charge in [-0.05, 0) is 31.3 Å². The van der Waals surface area contributed by atoms with E-state index in [0.29, 0.717) is 11.3 Å². The molecule has 0 bridgehead atoms. The standard InChI is InChI=1S/C15H18N4O2/c1-18-8-10-19(11-9-18)15(21)12-2-4-13(5-3-12)17-14(20)6-7-16/h2-5H,6,8-11H2,1H3,(H,17,20). The summed E-state index contributed by atoms with van der Waals surface area (Å²) in [6.45, 7) is 3.23. The molecule has 0 saturated carbocycles. The number of piperazine rings is 1. The van der Waals surface area contributed by atoms with Gasteiger partial charge in [0, 0.05) is 37.4 Å². The predicted molar refractivity (Wildman–Crippen MR) is 78.7 cm³/mol. The van der Waals surface area contributed by atoms with Crippen LogP contribution in [0.4, 0.5) is 5.69 Å². The maximum atomic E-state index is 12.3. The second-order valence-corrected chi connectivity index (χ2v) is 5.06. The zero-order valence-electron chi connectivity index (χ0n) is 12.0. The Morgan fingerprint density at radius 3 is 2.38 bits per heavy atom. The molecule has 1 N–H and O–H groups in total. The molecule has 1 saturated heterocycles. The first-order valence-corrected chi connectivity index (χ1v) is 6.85. The third kappa shape index (κ3) is 4.04. The van der Waals surface area contributed by atoms with E-state index in [1.807, 2.05) is 11.9 Å². The van der Waals surface area contributed by atoms with Crippen molar-refractivity contribution >= 4 is 17.5 Å². The molecule has 0 unspecified atom stereocenters. The van der Waals surface area contributed by atoms with Crippen LogP contribution < -0.4 is 5.32 Å². The SMILES string of the molecule is CN1CCN(C(=O)c2ccc(NC(=O)CC#N)cc2)CC1. The molecule has 0 spiro atoms. The van der Waals surface area contributed by atoms with Crippen molar-refractivity contribution in [2.45, 2.75) is 6.42 Å². The number of nitriles is 1. The van der Waals surface area contributed by atoms with E-state index in [-0.39, 0.29) is 18.2 Å². The van der Waals surface area contributed by atoms with Crippen LogP contribution in [0, 0.1) is 11.3 Å². The fraction of sp³-hybridized carbons (Fsp3) is 0.400. The quantitative estimate of drug-likeness (QED) is 0.896. The van der Waals surface area contributed by atoms with E-state index in [0.717, 1.165) is 26.2 Å². The first-order valence-electron chi connectivity index (χ1n) is 6.85. The third-order valence-electron chi connectivity index (χ3n) is 3.45. The summed E-state index contributed by atoms with van der Waals surface area (Å²) in [6, 6.07) is 8.54. The number of likely N-dealkylation sites (N-methyl/N-ethyl adjacent to an activating group) is 1. The Balaban J connectivity index is 1.97. The molecule has 6 heteroatoms. The summed E-state index contributed by atoms with van der Waals surface area (Å²) in [5.41, 5.74) is 1.20. The molecule has 0 atom stereocenters. The molecule has 6 nitrogen and oxygen atoms in total. The fourth-order valence-corrected chi connectivity index (χ4v) is 2.17. The first kappa shape index (κ1) is 15.0. The van der Waals surface area contributed by atoms with Crippen LogP contribution in [0.15, 0.2) is 24.3 Å². The van der Waals surface area contributed by atoms with Gasteiger partial charge in [-0.25, -0.2) is 0 Å². The van der Waals surface area contributed by atoms with E-state index < -0.39 is 0 Å². The van der Waals surface area contributed by atoms with E-state index in [2.05, 4.69) is 10.2 Å². The van der Waals surface area contributed by atoms with Crippen LogP contribution in [0.1, 0.15) is 16.8 Å². The first-order chi connectivity index (χ1) is 10.1. The van der Waals surface area contributed by atoms with Crippen LogP contribution in [0.2, 0.25) is 0 Å². The topological polar surface area (TPSA) is 76.4 Å². The molecule has 21 heavy (non-hydrogen) atoms. The molecule has 1 fully saturated rings. The summed E-state index contributed by atoms with van der Waals surface area (Å²) in [5.74, 6) is -0.339. The maximum Gasteiger partial charge on any atom is 0.253 e. The van der Waals surface area contributed by atoms with Crippen molar-refractivity contribution in [1.29, 1.82) is 5.26 Å². The van der Waals surface area contributed by atoms with Gasteiger partial charge in [-0.3, -0.25) is 9.59 Å². The predicted octanol–water partition coefficient (Wildman–Crippen LogP) is 0.926. The molecule has 0 aromatic heterocycles. The number of amides is 2. The lowest BCUT2D eigenvalue weighted by Crippen LogP contribution is -2.47. The Labute approximate surface area is 123 Å². The molecular formula is C15H18N4O2. The van der Waals surface area contributed by atoms with Gasteiger partial charge in [0.2, 0.25) is 5.91 Å². The number of hydrogen-bond donors (Lipinski definition) is 1. The minimum absolute atomic E-state index is 0.0120. The van der Waals surface area contributed by atoms with Gasteiger partial charge in [0.25, 0.3) is 5.91 Å². The summed E-state index contributed by atoms with van der Waals surface area (Å²) >= 11 is 0. The number of benzene rings is 1. The third-order valence-corrected chi connectivity index (χ3v) is 3.45. The van der Waals surface area contributed by atoms with Gasteiger partial charge in [-0.2, -0.15) is 5.26 Å². The summed E-state index contributed by atoms with van der Waals surface area (Å²) in [5, 5.41) is 11.0. The van der Waals surface area contributed by atoms with Crippen molar-refractivity contribution < 1.29 is 9.59 Å². The van der Waals surface area contributed by atoms with Crippen molar-refractivity contribution in [3.05, 3.63) is 29.8 Å². The highest BCUT2D eigenvalue weighted by molar-refractivity contribution is 5.96. The lowest BCUT2D eigenvalue weighted by atomic mass is 10.1. The molecule has 2 rings (SSSR count). The Morgan fingerprint density at radius 2 is 1.81 bits per heavy atom. The van der Waals surface area contributed by atoms with Gasteiger partial charge >= 0.3 is 0 Å². The number of nitrogens with zero attached hydrogens (tertiary/aromatic N) is 3. The minimum Gasteiger partial charge on any atom is -0.336 e.